The largest absolute Gasteiger partial charge is 0.506 e. The summed E-state index contributed by atoms with van der Waals surface area (Å²) in [6.45, 7) is 3.04. The molecule has 37 heavy (non-hydrogen) atoms. The molecule has 1 heterocycles. The van der Waals surface area contributed by atoms with Crippen LogP contribution in [-0.4, -0.2) is 75.2 Å². The molecule has 1 aliphatic heterocycles. The van der Waals surface area contributed by atoms with Gasteiger partial charge >= 0.3 is 0 Å². The number of hydrogen-bond donors (Lipinski definition) is 5. The van der Waals surface area contributed by atoms with E-state index >= 15 is 0 Å². The zero-order chi connectivity index (χ0) is 26.9. The van der Waals surface area contributed by atoms with Gasteiger partial charge in [-0.1, -0.05) is 36.4 Å². The zero-order valence-electron chi connectivity index (χ0n) is 20.9. The Labute approximate surface area is 214 Å². The first-order chi connectivity index (χ1) is 17.6. The lowest BCUT2D eigenvalue weighted by Gasteiger charge is -2.42. The van der Waals surface area contributed by atoms with Gasteiger partial charge in [0.1, 0.15) is 41.7 Å². The maximum absolute atomic E-state index is 12.2. The molecule has 0 spiro atoms. The van der Waals surface area contributed by atoms with Crippen molar-refractivity contribution in [1.82, 2.24) is 0 Å². The normalized spacial score (nSPS) is 24.6. The molecule has 0 saturated carbocycles. The van der Waals surface area contributed by atoms with Gasteiger partial charge in [0.25, 0.3) is 0 Å². The monoisotopic (exact) mass is 512 g/mol. The van der Waals surface area contributed by atoms with Gasteiger partial charge in [0.2, 0.25) is 6.29 Å². The van der Waals surface area contributed by atoms with E-state index in [4.69, 9.17) is 14.2 Å². The number of Topliss-reactive ketones (excluding diaryl/α,β-unsaturated/α-hetero) is 1. The number of fused-ring (bicyclic) bond motifs is 1. The summed E-state index contributed by atoms with van der Waals surface area (Å²) in [5.41, 5.74) is 1.67. The summed E-state index contributed by atoms with van der Waals surface area (Å²) >= 11 is 0. The molecule has 0 unspecified atom stereocenters. The summed E-state index contributed by atoms with van der Waals surface area (Å²) in [5.74, 6) is -0.236. The predicted octanol–water partition coefficient (Wildman–Crippen LogP) is 2.25. The highest BCUT2D eigenvalue weighted by molar-refractivity contribution is 6.07. The van der Waals surface area contributed by atoms with Crippen LogP contribution in [-0.2, 0) is 11.2 Å². The van der Waals surface area contributed by atoms with Crippen molar-refractivity contribution >= 4 is 16.6 Å². The van der Waals surface area contributed by atoms with Crippen molar-refractivity contribution < 1.29 is 44.5 Å². The zero-order valence-corrected chi connectivity index (χ0v) is 20.9. The highest BCUT2D eigenvalue weighted by atomic mass is 16.7. The van der Waals surface area contributed by atoms with Gasteiger partial charge in [-0.2, -0.15) is 0 Å². The van der Waals surface area contributed by atoms with Crippen LogP contribution in [0.2, 0.25) is 0 Å². The highest BCUT2D eigenvalue weighted by Crippen LogP contribution is 2.42. The molecule has 3 aromatic carbocycles. The smallest absolute Gasteiger partial charge is 0.229 e. The number of rotatable bonds is 8. The van der Waals surface area contributed by atoms with Gasteiger partial charge in [-0.25, -0.2) is 0 Å². The fourth-order valence-electron chi connectivity index (χ4n) is 4.79. The molecule has 3 aromatic rings. The molecule has 198 valence electrons. The van der Waals surface area contributed by atoms with E-state index < -0.39 is 36.8 Å². The topological polar surface area (TPSA) is 146 Å². The number of benzene rings is 3. The molecule has 1 saturated heterocycles. The third-order valence-corrected chi connectivity index (χ3v) is 6.73. The lowest BCUT2D eigenvalue weighted by atomic mass is 9.92. The van der Waals surface area contributed by atoms with Crippen LogP contribution in [0.4, 0.5) is 0 Å². The van der Waals surface area contributed by atoms with Crippen LogP contribution < -0.4 is 9.47 Å². The number of phenols is 1. The van der Waals surface area contributed by atoms with Crippen molar-refractivity contribution in [2.24, 2.45) is 0 Å². The van der Waals surface area contributed by atoms with Crippen LogP contribution in [0.15, 0.2) is 48.5 Å². The number of carbonyl (C=O) groups is 1. The van der Waals surface area contributed by atoms with Crippen molar-refractivity contribution in [3.8, 4) is 17.2 Å². The summed E-state index contributed by atoms with van der Waals surface area (Å²) in [6, 6.07) is 14.3. The number of hydrogen-bond acceptors (Lipinski definition) is 9. The second-order valence-corrected chi connectivity index (χ2v) is 9.35. The third kappa shape index (κ3) is 5.41. The van der Waals surface area contributed by atoms with Crippen LogP contribution >= 0.6 is 0 Å². The molecule has 9 heteroatoms. The fraction of sp³-hybridized carbons (Fsp3) is 0.393. The lowest BCUT2D eigenvalue weighted by molar-refractivity contribution is -0.288. The second-order valence-electron chi connectivity index (χ2n) is 9.35. The van der Waals surface area contributed by atoms with Crippen molar-refractivity contribution in [2.75, 3.05) is 7.11 Å². The summed E-state index contributed by atoms with van der Waals surface area (Å²) in [6.07, 6.45) is -8.12. The number of carbonyl (C=O) groups excluding carboxylic acids is 1. The Morgan fingerprint density at radius 1 is 1.05 bits per heavy atom. The van der Waals surface area contributed by atoms with E-state index in [-0.39, 0.29) is 34.7 Å². The molecule has 0 bridgehead atoms. The number of aromatic hydroxyl groups is 1. The Hall–Kier alpha value is -3.21. The molecule has 6 atom stereocenters. The summed E-state index contributed by atoms with van der Waals surface area (Å²) in [5, 5.41) is 54.2. The number of phenolic OH excluding ortho intramolecular Hbond substituents is 1. The number of methoxy groups -OCH3 is 1. The minimum atomic E-state index is -1.67. The van der Waals surface area contributed by atoms with Crippen LogP contribution in [0.25, 0.3) is 10.8 Å². The Morgan fingerprint density at radius 2 is 1.76 bits per heavy atom. The van der Waals surface area contributed by atoms with E-state index in [0.717, 1.165) is 5.56 Å². The summed E-state index contributed by atoms with van der Waals surface area (Å²) in [7, 11) is 1.45. The van der Waals surface area contributed by atoms with Crippen molar-refractivity contribution in [3.63, 3.8) is 0 Å². The molecule has 9 nitrogen and oxygen atoms in total. The molecule has 0 aromatic heterocycles. The Morgan fingerprint density at radius 3 is 2.41 bits per heavy atom. The highest BCUT2D eigenvalue weighted by Gasteiger charge is 2.47. The second kappa shape index (κ2) is 11.0. The number of ether oxygens (including phenoxy) is 3. The van der Waals surface area contributed by atoms with Crippen molar-refractivity contribution in [1.29, 1.82) is 0 Å². The average Bonchev–Trinajstić information content (AvgIpc) is 2.87. The quantitative estimate of drug-likeness (QED) is 0.287. The standard InChI is InChI=1S/C28H32O9/c1-14-11-17-12-18(35-3)13-20(22(17)23(31)21(14)15(2)29)36-28-26(34)24(32)25(33)27(37-28)19(30)10-9-16-7-5-4-6-8-16/h4-8,11-13,19,24-28,30-34H,9-10H2,1-3H3/t19-,24+,25+,26-,27-,28-/m1/s1. The molecular weight excluding hydrogens is 480 g/mol. The first-order valence-corrected chi connectivity index (χ1v) is 12.1. The van der Waals surface area contributed by atoms with Crippen molar-refractivity contribution in [3.05, 3.63) is 65.2 Å². The van der Waals surface area contributed by atoms with Gasteiger partial charge in [-0.05, 0) is 49.3 Å². The Balaban J connectivity index is 1.65. The first-order valence-electron chi connectivity index (χ1n) is 12.1. The SMILES string of the molecule is COc1cc(O[C@@H]2O[C@H]([C@H](O)CCc3ccccc3)[C@@H](O)[C@H](O)[C@H]2O)c2c(O)c(C(C)=O)c(C)cc2c1. The van der Waals surface area contributed by atoms with E-state index in [2.05, 4.69) is 0 Å². The van der Waals surface area contributed by atoms with Gasteiger partial charge in [-0.15, -0.1) is 0 Å². The van der Waals surface area contributed by atoms with Crippen LogP contribution in [0.1, 0.15) is 34.8 Å². The van der Waals surface area contributed by atoms with Gasteiger partial charge in [0.15, 0.2) is 5.78 Å². The Bertz CT molecular complexity index is 1260. The molecule has 5 N–H and O–H groups in total. The molecule has 1 aliphatic rings. The number of aryl methyl sites for hydroxylation is 2. The molecule has 4 rings (SSSR count). The molecule has 1 fully saturated rings. The maximum Gasteiger partial charge on any atom is 0.229 e. The third-order valence-electron chi connectivity index (χ3n) is 6.73. The Kier molecular flexibility index (Phi) is 8.01. The lowest BCUT2D eigenvalue weighted by Crippen LogP contribution is -2.62. The summed E-state index contributed by atoms with van der Waals surface area (Å²) < 4.78 is 17.1. The number of ketones is 1. The van der Waals surface area contributed by atoms with E-state index in [0.29, 0.717) is 23.1 Å². The van der Waals surface area contributed by atoms with Crippen LogP contribution in [0.5, 0.6) is 17.2 Å². The number of aliphatic hydroxyl groups excluding tert-OH is 4. The molecule has 0 aliphatic carbocycles. The minimum absolute atomic E-state index is 0.0273. The average molecular weight is 513 g/mol. The van der Waals surface area contributed by atoms with Gasteiger partial charge < -0.3 is 39.7 Å². The minimum Gasteiger partial charge on any atom is -0.506 e. The van der Waals surface area contributed by atoms with E-state index in [1.54, 1.807) is 19.1 Å². The van der Waals surface area contributed by atoms with Gasteiger partial charge in [0.05, 0.1) is 24.2 Å². The van der Waals surface area contributed by atoms with Crippen molar-refractivity contribution in [2.45, 2.75) is 63.5 Å². The maximum atomic E-state index is 12.2. The predicted molar refractivity (Wildman–Crippen MR) is 135 cm³/mol. The van der Waals surface area contributed by atoms with Gasteiger partial charge in [0, 0.05) is 6.07 Å². The summed E-state index contributed by atoms with van der Waals surface area (Å²) in [4.78, 5) is 12.2. The van der Waals surface area contributed by atoms with E-state index in [9.17, 15) is 30.3 Å². The first kappa shape index (κ1) is 26.8. The van der Waals surface area contributed by atoms with Crippen LogP contribution in [0, 0.1) is 6.92 Å². The number of aliphatic hydroxyl groups is 4. The fourth-order valence-corrected chi connectivity index (χ4v) is 4.79. The van der Waals surface area contributed by atoms with E-state index in [1.165, 1.54) is 20.1 Å². The van der Waals surface area contributed by atoms with Gasteiger partial charge in [-0.3, -0.25) is 4.79 Å². The molecule has 0 radical (unpaired) electrons. The van der Waals surface area contributed by atoms with E-state index in [1.807, 2.05) is 30.3 Å². The van der Waals surface area contributed by atoms with Crippen LogP contribution in [0.3, 0.4) is 0 Å². The molecule has 0 amide bonds. The molecular formula is C28H32O9.